The Morgan fingerprint density at radius 3 is 2.26 bits per heavy atom. The zero-order valence-electron chi connectivity index (χ0n) is 16.9. The molecule has 0 fully saturated rings. The Balaban J connectivity index is 0.00000676. The maximum absolute atomic E-state index is 11.4. The first-order valence-corrected chi connectivity index (χ1v) is 10.8. The minimum Gasteiger partial charge on any atom is -0.356 e. The second kappa shape index (κ2) is 10.8. The molecular weight excluding hydrogens is 499 g/mol. The fourth-order valence-electron chi connectivity index (χ4n) is 2.65. The van der Waals surface area contributed by atoms with Crippen LogP contribution in [-0.4, -0.2) is 46.3 Å². The van der Waals surface area contributed by atoms with E-state index < -0.39 is 15.6 Å². The normalized spacial score (nSPS) is 13.1. The van der Waals surface area contributed by atoms with Crippen LogP contribution in [0.15, 0.2) is 29.3 Å². The van der Waals surface area contributed by atoms with Gasteiger partial charge < -0.3 is 10.6 Å². The minimum atomic E-state index is -3.27. The lowest BCUT2D eigenvalue weighted by atomic mass is 9.86. The predicted octanol–water partition coefficient (Wildman–Crippen LogP) is 3.02. The van der Waals surface area contributed by atoms with Crippen LogP contribution in [0.25, 0.3) is 0 Å². The lowest BCUT2D eigenvalue weighted by Gasteiger charge is -2.29. The van der Waals surface area contributed by atoms with E-state index in [4.69, 9.17) is 11.6 Å². The standard InChI is InChI=1S/C18H31ClN4O2S.HI/c1-17(2,11-14-8-7-9-15(19)10-14)12-21-16(20-5)22-13-18(3,4)23-26(6,24)25;/h7-10,23H,11-13H2,1-6H3,(H2,20,21,22);1H. The van der Waals surface area contributed by atoms with Crippen LogP contribution in [0.2, 0.25) is 5.02 Å². The number of nitrogens with one attached hydrogen (secondary N) is 3. The fraction of sp³-hybridized carbons (Fsp3) is 0.611. The highest BCUT2D eigenvalue weighted by Crippen LogP contribution is 2.22. The number of hydrogen-bond acceptors (Lipinski definition) is 3. The molecule has 1 aromatic rings. The number of benzene rings is 1. The largest absolute Gasteiger partial charge is 0.356 e. The number of aliphatic imine (C=N–C) groups is 1. The molecule has 1 rings (SSSR count). The number of nitrogens with zero attached hydrogens (tertiary/aromatic N) is 1. The van der Waals surface area contributed by atoms with Crippen LogP contribution in [0, 0.1) is 5.41 Å². The van der Waals surface area contributed by atoms with Crippen LogP contribution in [0.5, 0.6) is 0 Å². The van der Waals surface area contributed by atoms with E-state index in [1.54, 1.807) is 7.05 Å². The predicted molar refractivity (Wildman–Crippen MR) is 126 cm³/mol. The summed E-state index contributed by atoms with van der Waals surface area (Å²) in [7, 11) is -1.58. The van der Waals surface area contributed by atoms with Gasteiger partial charge in [0.25, 0.3) is 0 Å². The molecule has 0 amide bonds. The van der Waals surface area contributed by atoms with Gasteiger partial charge in [-0.3, -0.25) is 4.99 Å². The lowest BCUT2D eigenvalue weighted by Crippen LogP contribution is -2.53. The summed E-state index contributed by atoms with van der Waals surface area (Å²) in [6, 6.07) is 7.88. The summed E-state index contributed by atoms with van der Waals surface area (Å²) in [5.41, 5.74) is 0.551. The smallest absolute Gasteiger partial charge is 0.209 e. The average molecular weight is 531 g/mol. The zero-order chi connectivity index (χ0) is 20.0. The Morgan fingerprint density at radius 1 is 1.15 bits per heavy atom. The van der Waals surface area contributed by atoms with Gasteiger partial charge in [0.05, 0.1) is 6.26 Å². The van der Waals surface area contributed by atoms with Crippen molar-refractivity contribution < 1.29 is 8.42 Å². The Kier molecular flexibility index (Phi) is 10.6. The van der Waals surface area contributed by atoms with Gasteiger partial charge in [0.1, 0.15) is 0 Å². The van der Waals surface area contributed by atoms with Crippen LogP contribution in [-0.2, 0) is 16.4 Å². The molecule has 156 valence electrons. The Bertz CT molecular complexity index is 737. The molecule has 6 nitrogen and oxygen atoms in total. The van der Waals surface area contributed by atoms with E-state index in [2.05, 4.69) is 40.3 Å². The molecular formula is C18H32ClIN4O2S. The third-order valence-electron chi connectivity index (χ3n) is 3.69. The van der Waals surface area contributed by atoms with Crippen molar-refractivity contribution >= 4 is 51.6 Å². The molecule has 27 heavy (non-hydrogen) atoms. The molecule has 0 aliphatic carbocycles. The fourth-order valence-corrected chi connectivity index (χ4v) is 3.94. The van der Waals surface area contributed by atoms with Gasteiger partial charge >= 0.3 is 0 Å². The molecule has 0 atom stereocenters. The summed E-state index contributed by atoms with van der Waals surface area (Å²) in [5.74, 6) is 0.632. The van der Waals surface area contributed by atoms with Crippen molar-refractivity contribution in [3.8, 4) is 0 Å². The van der Waals surface area contributed by atoms with Crippen molar-refractivity contribution in [1.82, 2.24) is 15.4 Å². The SMILES string of the molecule is CN=C(NCC(C)(C)Cc1cccc(Cl)c1)NCC(C)(C)NS(C)(=O)=O.I. The number of halogens is 2. The molecule has 0 bridgehead atoms. The summed E-state index contributed by atoms with van der Waals surface area (Å²) in [6.45, 7) is 9.09. The molecule has 0 aromatic heterocycles. The van der Waals surface area contributed by atoms with Crippen LogP contribution in [0.4, 0.5) is 0 Å². The highest BCUT2D eigenvalue weighted by atomic mass is 127. The zero-order valence-corrected chi connectivity index (χ0v) is 20.8. The van der Waals surface area contributed by atoms with Crippen molar-refractivity contribution in [1.29, 1.82) is 0 Å². The number of guanidine groups is 1. The summed E-state index contributed by atoms with van der Waals surface area (Å²) in [6.07, 6.45) is 2.03. The van der Waals surface area contributed by atoms with E-state index >= 15 is 0 Å². The number of hydrogen-bond donors (Lipinski definition) is 3. The molecule has 0 saturated heterocycles. The van der Waals surface area contributed by atoms with Crippen molar-refractivity contribution in [3.63, 3.8) is 0 Å². The van der Waals surface area contributed by atoms with Crippen molar-refractivity contribution in [2.24, 2.45) is 10.4 Å². The van der Waals surface area contributed by atoms with E-state index in [1.807, 2.05) is 32.0 Å². The first-order valence-electron chi connectivity index (χ1n) is 8.50. The number of sulfonamides is 1. The molecule has 0 spiro atoms. The van der Waals surface area contributed by atoms with Gasteiger partial charge in [-0.1, -0.05) is 37.6 Å². The molecule has 0 saturated carbocycles. The van der Waals surface area contributed by atoms with E-state index in [1.165, 1.54) is 5.56 Å². The Hall–Kier alpha value is -0.580. The molecule has 1 aromatic carbocycles. The second-order valence-electron chi connectivity index (χ2n) is 8.01. The molecule has 0 aliphatic heterocycles. The van der Waals surface area contributed by atoms with Gasteiger partial charge in [-0.25, -0.2) is 13.1 Å². The highest BCUT2D eigenvalue weighted by molar-refractivity contribution is 14.0. The molecule has 0 aliphatic rings. The third kappa shape index (κ3) is 11.8. The Morgan fingerprint density at radius 2 is 1.74 bits per heavy atom. The minimum absolute atomic E-state index is 0. The lowest BCUT2D eigenvalue weighted by molar-refractivity contribution is 0.358. The molecule has 0 unspecified atom stereocenters. The molecule has 9 heteroatoms. The van der Waals surface area contributed by atoms with E-state index in [9.17, 15) is 8.42 Å². The monoisotopic (exact) mass is 530 g/mol. The van der Waals surface area contributed by atoms with Crippen LogP contribution in [0.3, 0.4) is 0 Å². The summed E-state index contributed by atoms with van der Waals surface area (Å²) < 4.78 is 25.4. The van der Waals surface area contributed by atoms with Crippen LogP contribution in [0.1, 0.15) is 33.3 Å². The van der Waals surface area contributed by atoms with Crippen molar-refractivity contribution in [3.05, 3.63) is 34.9 Å². The summed E-state index contributed by atoms with van der Waals surface area (Å²) >= 11 is 6.06. The van der Waals surface area contributed by atoms with Gasteiger partial charge in [0.15, 0.2) is 5.96 Å². The van der Waals surface area contributed by atoms with Crippen LogP contribution >= 0.6 is 35.6 Å². The first kappa shape index (κ1) is 26.4. The number of rotatable bonds is 8. The van der Waals surface area contributed by atoms with Gasteiger partial charge in [0, 0.05) is 30.7 Å². The first-order chi connectivity index (χ1) is 11.8. The van der Waals surface area contributed by atoms with E-state index in [0.29, 0.717) is 19.0 Å². The summed E-state index contributed by atoms with van der Waals surface area (Å²) in [4.78, 5) is 4.21. The maximum atomic E-state index is 11.4. The molecule has 0 radical (unpaired) electrons. The summed E-state index contributed by atoms with van der Waals surface area (Å²) in [5, 5.41) is 7.22. The average Bonchev–Trinajstić information content (AvgIpc) is 2.44. The van der Waals surface area contributed by atoms with E-state index in [0.717, 1.165) is 17.7 Å². The molecule has 3 N–H and O–H groups in total. The van der Waals surface area contributed by atoms with Crippen molar-refractivity contribution in [2.45, 2.75) is 39.7 Å². The van der Waals surface area contributed by atoms with Gasteiger partial charge in [-0.2, -0.15) is 0 Å². The van der Waals surface area contributed by atoms with Crippen molar-refractivity contribution in [2.75, 3.05) is 26.4 Å². The topological polar surface area (TPSA) is 82.6 Å². The highest BCUT2D eigenvalue weighted by Gasteiger charge is 2.23. The van der Waals surface area contributed by atoms with Crippen LogP contribution < -0.4 is 15.4 Å². The van der Waals surface area contributed by atoms with E-state index in [-0.39, 0.29) is 29.4 Å². The van der Waals surface area contributed by atoms with Gasteiger partial charge in [-0.05, 0) is 43.4 Å². The third-order valence-corrected chi connectivity index (χ3v) is 4.85. The second-order valence-corrected chi connectivity index (χ2v) is 10.2. The maximum Gasteiger partial charge on any atom is 0.209 e. The Labute approximate surface area is 186 Å². The molecule has 0 heterocycles. The quantitative estimate of drug-likeness (QED) is 0.274. The van der Waals surface area contributed by atoms with Gasteiger partial charge in [-0.15, -0.1) is 24.0 Å². The van der Waals surface area contributed by atoms with Gasteiger partial charge in [0.2, 0.25) is 10.0 Å².